The molecule has 1 N–H and O–H groups in total. The Balaban J connectivity index is 2.06. The Morgan fingerprint density at radius 1 is 1.26 bits per heavy atom. The predicted molar refractivity (Wildman–Crippen MR) is 91.9 cm³/mol. The van der Waals surface area contributed by atoms with Gasteiger partial charge >= 0.3 is 0 Å². The fourth-order valence-corrected chi connectivity index (χ4v) is 2.44. The van der Waals surface area contributed by atoms with Gasteiger partial charge in [-0.15, -0.1) is 0 Å². The van der Waals surface area contributed by atoms with Crippen LogP contribution >= 0.6 is 11.6 Å². The Bertz CT molecular complexity index is 861. The first-order valence-corrected chi connectivity index (χ1v) is 7.35. The van der Waals surface area contributed by atoms with Gasteiger partial charge in [0.15, 0.2) is 5.65 Å². The van der Waals surface area contributed by atoms with Gasteiger partial charge in [-0.25, -0.2) is 0 Å². The summed E-state index contributed by atoms with van der Waals surface area (Å²) in [5.41, 5.74) is 1.56. The zero-order valence-electron chi connectivity index (χ0n) is 13.3. The largest absolute Gasteiger partial charge is 0.495 e. The van der Waals surface area contributed by atoms with E-state index in [1.807, 2.05) is 32.1 Å². The van der Waals surface area contributed by atoms with Crippen molar-refractivity contribution in [3.63, 3.8) is 0 Å². The number of hydrogen-bond donors (Lipinski definition) is 1. The van der Waals surface area contributed by atoms with Crippen LogP contribution in [-0.4, -0.2) is 41.0 Å². The van der Waals surface area contributed by atoms with E-state index < -0.39 is 0 Å². The molecule has 0 aliphatic rings. The summed E-state index contributed by atoms with van der Waals surface area (Å²) in [5.74, 6) is 1.90. The fourth-order valence-electron chi connectivity index (χ4n) is 2.19. The fraction of sp³-hybridized carbons (Fsp3) is 0.267. The Labute approximate surface area is 138 Å². The van der Waals surface area contributed by atoms with E-state index in [4.69, 9.17) is 16.3 Å². The van der Waals surface area contributed by atoms with Crippen molar-refractivity contribution in [2.45, 2.75) is 0 Å². The van der Waals surface area contributed by atoms with Gasteiger partial charge in [-0.1, -0.05) is 11.6 Å². The van der Waals surface area contributed by atoms with Crippen molar-refractivity contribution in [1.82, 2.24) is 19.7 Å². The molecule has 120 valence electrons. The van der Waals surface area contributed by atoms with Gasteiger partial charge in [-0.3, -0.25) is 4.68 Å². The molecule has 23 heavy (non-hydrogen) atoms. The van der Waals surface area contributed by atoms with Crippen molar-refractivity contribution in [3.8, 4) is 5.75 Å². The van der Waals surface area contributed by atoms with Gasteiger partial charge in [0.05, 0.1) is 23.7 Å². The second kappa shape index (κ2) is 5.92. The molecule has 0 spiro atoms. The molecule has 3 aromatic rings. The minimum absolute atomic E-state index is 0.529. The first-order chi connectivity index (χ1) is 11.0. The number of aromatic nitrogens is 4. The summed E-state index contributed by atoms with van der Waals surface area (Å²) in [6.45, 7) is 0. The highest BCUT2D eigenvalue weighted by atomic mass is 35.5. The Morgan fingerprint density at radius 2 is 2.04 bits per heavy atom. The van der Waals surface area contributed by atoms with Crippen molar-refractivity contribution < 1.29 is 4.74 Å². The number of rotatable bonds is 4. The molecule has 0 amide bonds. The van der Waals surface area contributed by atoms with Gasteiger partial charge in [-0.2, -0.15) is 15.1 Å². The number of aryl methyl sites for hydroxylation is 1. The quantitative estimate of drug-likeness (QED) is 0.792. The molecule has 2 heterocycles. The van der Waals surface area contributed by atoms with Crippen LogP contribution in [0.25, 0.3) is 11.0 Å². The molecule has 0 unspecified atom stereocenters. The first-order valence-electron chi connectivity index (χ1n) is 6.97. The van der Waals surface area contributed by atoms with Crippen molar-refractivity contribution in [3.05, 3.63) is 29.4 Å². The molecule has 0 atom stereocenters. The average molecular weight is 333 g/mol. The highest BCUT2D eigenvalue weighted by Crippen LogP contribution is 2.30. The molecule has 0 radical (unpaired) electrons. The summed E-state index contributed by atoms with van der Waals surface area (Å²) in [4.78, 5) is 10.9. The molecule has 2 aromatic heterocycles. The highest BCUT2D eigenvalue weighted by Gasteiger charge is 2.13. The maximum Gasteiger partial charge on any atom is 0.228 e. The summed E-state index contributed by atoms with van der Waals surface area (Å²) < 4.78 is 6.89. The summed E-state index contributed by atoms with van der Waals surface area (Å²) in [7, 11) is 7.22. The molecule has 0 aliphatic carbocycles. The summed E-state index contributed by atoms with van der Waals surface area (Å²) in [5, 5.41) is 8.90. The lowest BCUT2D eigenvalue weighted by atomic mass is 10.3. The van der Waals surface area contributed by atoms with Crippen LogP contribution < -0.4 is 15.0 Å². The Morgan fingerprint density at radius 3 is 2.70 bits per heavy atom. The van der Waals surface area contributed by atoms with E-state index in [1.54, 1.807) is 30.1 Å². The molecule has 0 saturated carbocycles. The van der Waals surface area contributed by atoms with Crippen LogP contribution in [0.2, 0.25) is 5.02 Å². The van der Waals surface area contributed by atoms with E-state index in [0.717, 1.165) is 16.7 Å². The minimum atomic E-state index is 0.529. The molecular formula is C15H17ClN6O. The number of methoxy groups -OCH3 is 1. The normalized spacial score (nSPS) is 10.8. The van der Waals surface area contributed by atoms with Crippen LogP contribution in [0.4, 0.5) is 17.5 Å². The van der Waals surface area contributed by atoms with Crippen molar-refractivity contribution in [2.24, 2.45) is 7.05 Å². The Hall–Kier alpha value is -2.54. The zero-order valence-corrected chi connectivity index (χ0v) is 14.1. The van der Waals surface area contributed by atoms with Gasteiger partial charge in [-0.05, 0) is 18.2 Å². The van der Waals surface area contributed by atoms with Crippen LogP contribution in [-0.2, 0) is 7.05 Å². The molecule has 0 saturated heterocycles. The second-order valence-electron chi connectivity index (χ2n) is 5.25. The number of fused-ring (bicyclic) bond motifs is 1. The molecular weight excluding hydrogens is 316 g/mol. The van der Waals surface area contributed by atoms with E-state index in [-0.39, 0.29) is 0 Å². The van der Waals surface area contributed by atoms with Crippen LogP contribution in [0.15, 0.2) is 24.4 Å². The van der Waals surface area contributed by atoms with Crippen molar-refractivity contribution in [1.29, 1.82) is 0 Å². The number of anilines is 3. The third-order valence-corrected chi connectivity index (χ3v) is 3.69. The van der Waals surface area contributed by atoms with Crippen LogP contribution in [0.5, 0.6) is 5.75 Å². The molecule has 1 aromatic carbocycles. The van der Waals surface area contributed by atoms with Gasteiger partial charge in [0.1, 0.15) is 11.6 Å². The van der Waals surface area contributed by atoms with Gasteiger partial charge in [0.2, 0.25) is 5.95 Å². The zero-order chi connectivity index (χ0) is 16.6. The number of nitrogens with one attached hydrogen (secondary N) is 1. The molecule has 0 bridgehead atoms. The second-order valence-corrected chi connectivity index (χ2v) is 5.65. The van der Waals surface area contributed by atoms with E-state index in [2.05, 4.69) is 20.4 Å². The lowest BCUT2D eigenvalue weighted by Gasteiger charge is -2.14. The number of nitrogens with zero attached hydrogens (tertiary/aromatic N) is 5. The minimum Gasteiger partial charge on any atom is -0.495 e. The van der Waals surface area contributed by atoms with E-state index in [9.17, 15) is 0 Å². The van der Waals surface area contributed by atoms with Crippen molar-refractivity contribution >= 4 is 40.1 Å². The lowest BCUT2D eigenvalue weighted by molar-refractivity contribution is 0.415. The van der Waals surface area contributed by atoms with Gasteiger partial charge in [0.25, 0.3) is 0 Å². The maximum absolute atomic E-state index is 6.18. The Kier molecular flexibility index (Phi) is 3.96. The molecule has 8 heteroatoms. The SMILES string of the molecule is COc1ccc(Nc2nc(N(C)C)nc3c2cnn3C)cc1Cl. The summed E-state index contributed by atoms with van der Waals surface area (Å²) in [6, 6.07) is 5.48. The maximum atomic E-state index is 6.18. The van der Waals surface area contributed by atoms with Crippen LogP contribution in [0.3, 0.4) is 0 Å². The predicted octanol–water partition coefficient (Wildman–Crippen LogP) is 2.83. The monoisotopic (exact) mass is 332 g/mol. The third-order valence-electron chi connectivity index (χ3n) is 3.39. The highest BCUT2D eigenvalue weighted by molar-refractivity contribution is 6.32. The van der Waals surface area contributed by atoms with Crippen LogP contribution in [0, 0.1) is 0 Å². The molecule has 3 rings (SSSR count). The lowest BCUT2D eigenvalue weighted by Crippen LogP contribution is -2.14. The molecule has 7 nitrogen and oxygen atoms in total. The number of halogens is 1. The van der Waals surface area contributed by atoms with E-state index in [0.29, 0.717) is 22.5 Å². The van der Waals surface area contributed by atoms with Crippen molar-refractivity contribution in [2.75, 3.05) is 31.4 Å². The molecule has 0 fully saturated rings. The van der Waals surface area contributed by atoms with E-state index in [1.165, 1.54) is 0 Å². The number of hydrogen-bond acceptors (Lipinski definition) is 6. The summed E-state index contributed by atoms with van der Waals surface area (Å²) in [6.07, 6.45) is 1.74. The van der Waals surface area contributed by atoms with Gasteiger partial charge < -0.3 is 15.0 Å². The van der Waals surface area contributed by atoms with Gasteiger partial charge in [0, 0.05) is 26.8 Å². The summed E-state index contributed by atoms with van der Waals surface area (Å²) >= 11 is 6.18. The number of benzene rings is 1. The first kappa shape index (κ1) is 15.4. The van der Waals surface area contributed by atoms with Crippen LogP contribution in [0.1, 0.15) is 0 Å². The average Bonchev–Trinajstić information content (AvgIpc) is 2.89. The molecule has 0 aliphatic heterocycles. The topological polar surface area (TPSA) is 68.1 Å². The van der Waals surface area contributed by atoms with E-state index >= 15 is 0 Å². The third kappa shape index (κ3) is 2.87. The smallest absolute Gasteiger partial charge is 0.228 e. The number of ether oxygens (including phenoxy) is 1. The standard InChI is InChI=1S/C15H17ClN6O/c1-21(2)15-19-13(10-8-17-22(3)14(10)20-15)18-9-5-6-12(23-4)11(16)7-9/h5-8H,1-4H3,(H,18,19,20).